The van der Waals surface area contributed by atoms with E-state index >= 15 is 0 Å². The van der Waals surface area contributed by atoms with Gasteiger partial charge >= 0.3 is 5.97 Å². The first kappa shape index (κ1) is 14.9. The number of hydrogen-bond acceptors (Lipinski definition) is 4. The third kappa shape index (κ3) is 3.39. The zero-order valence-corrected chi connectivity index (χ0v) is 12.8. The lowest BCUT2D eigenvalue weighted by atomic mass is 10.00. The summed E-state index contributed by atoms with van der Waals surface area (Å²) in [6.07, 6.45) is -0.197. The van der Waals surface area contributed by atoms with E-state index in [2.05, 4.69) is 0 Å². The number of ether oxygens (including phenoxy) is 1. The van der Waals surface area contributed by atoms with E-state index in [1.165, 1.54) is 11.8 Å². The molecule has 2 aromatic rings. The average Bonchev–Trinajstić information content (AvgIpc) is 2.56. The molecule has 0 N–H and O–H groups in total. The number of benzene rings is 2. The normalized spacial score (nSPS) is 21.5. The predicted molar refractivity (Wildman–Crippen MR) is 86.4 cm³/mol. The lowest BCUT2D eigenvalue weighted by Gasteiger charge is -2.27. The Bertz CT molecular complexity index is 637. The maximum Gasteiger partial charge on any atom is 0.327 e. The molecule has 2 aromatic carbocycles. The summed E-state index contributed by atoms with van der Waals surface area (Å²) in [5, 5.41) is -0.708. The third-order valence-corrected chi connectivity index (χ3v) is 4.87. The van der Waals surface area contributed by atoms with Crippen LogP contribution in [0.5, 0.6) is 0 Å². The Morgan fingerprint density at radius 2 is 1.59 bits per heavy atom. The lowest BCUT2D eigenvalue weighted by Crippen LogP contribution is -2.37. The minimum Gasteiger partial charge on any atom is -0.456 e. The summed E-state index contributed by atoms with van der Waals surface area (Å²) in [4.78, 5) is 24.4. The molecule has 3 nitrogen and oxygen atoms in total. The van der Waals surface area contributed by atoms with Gasteiger partial charge in [0.15, 0.2) is 11.0 Å². The molecule has 22 heavy (non-hydrogen) atoms. The molecule has 4 heteroatoms. The summed E-state index contributed by atoms with van der Waals surface area (Å²) in [6, 6.07) is 19.2. The van der Waals surface area contributed by atoms with Gasteiger partial charge in [-0.25, -0.2) is 0 Å². The van der Waals surface area contributed by atoms with Gasteiger partial charge in [-0.15, -0.1) is 11.8 Å². The van der Waals surface area contributed by atoms with Gasteiger partial charge in [0.05, 0.1) is 0 Å². The van der Waals surface area contributed by atoms with Crippen LogP contribution in [0.1, 0.15) is 23.7 Å². The molecule has 1 saturated heterocycles. The molecular weight excluding hydrogens is 296 g/mol. The van der Waals surface area contributed by atoms with Gasteiger partial charge in [0.2, 0.25) is 0 Å². The predicted octanol–water partition coefficient (Wildman–Crippen LogP) is 3.55. The molecule has 112 valence electrons. The van der Waals surface area contributed by atoms with Gasteiger partial charge in [-0.05, 0) is 11.1 Å². The molecule has 3 rings (SSSR count). The summed E-state index contributed by atoms with van der Waals surface area (Å²) in [5.41, 5.74) is 1.97. The number of esters is 1. The fourth-order valence-corrected chi connectivity index (χ4v) is 3.46. The van der Waals surface area contributed by atoms with Crippen molar-refractivity contribution in [1.82, 2.24) is 0 Å². The van der Waals surface area contributed by atoms with Crippen LogP contribution in [0.3, 0.4) is 0 Å². The van der Waals surface area contributed by atoms with Crippen molar-refractivity contribution in [2.75, 3.05) is 0 Å². The molecule has 0 bridgehead atoms. The summed E-state index contributed by atoms with van der Waals surface area (Å²) >= 11 is 1.34. The van der Waals surface area contributed by atoms with E-state index in [9.17, 15) is 9.59 Å². The van der Waals surface area contributed by atoms with Crippen molar-refractivity contribution >= 4 is 23.5 Å². The van der Waals surface area contributed by atoms with Crippen molar-refractivity contribution in [2.24, 2.45) is 0 Å². The quantitative estimate of drug-likeness (QED) is 0.640. The van der Waals surface area contributed by atoms with Gasteiger partial charge in [-0.1, -0.05) is 60.7 Å². The number of hydrogen-bond donors (Lipinski definition) is 0. The first-order valence-corrected chi connectivity index (χ1v) is 8.22. The van der Waals surface area contributed by atoms with E-state index in [0.717, 1.165) is 11.1 Å². The standard InChI is InChI=1S/C18H16O3S/c19-15-11-16(14-9-5-2-6-10-14)21-18(20)17(15)22-12-13-7-3-1-4-8-13/h1-10,16-17H,11-12H2. The molecule has 0 saturated carbocycles. The van der Waals surface area contributed by atoms with E-state index < -0.39 is 17.3 Å². The van der Waals surface area contributed by atoms with Crippen LogP contribution >= 0.6 is 11.8 Å². The molecule has 1 aliphatic rings. The largest absolute Gasteiger partial charge is 0.456 e. The van der Waals surface area contributed by atoms with Gasteiger partial charge in [-0.3, -0.25) is 9.59 Å². The highest BCUT2D eigenvalue weighted by atomic mass is 32.2. The van der Waals surface area contributed by atoms with Crippen molar-refractivity contribution in [2.45, 2.75) is 23.5 Å². The van der Waals surface area contributed by atoms with E-state index in [-0.39, 0.29) is 12.2 Å². The van der Waals surface area contributed by atoms with E-state index in [4.69, 9.17) is 4.74 Å². The highest BCUT2D eigenvalue weighted by molar-refractivity contribution is 8.00. The Hall–Kier alpha value is -2.07. The van der Waals surface area contributed by atoms with Gasteiger partial charge < -0.3 is 4.74 Å². The fraction of sp³-hybridized carbons (Fsp3) is 0.222. The van der Waals surface area contributed by atoms with Gasteiger partial charge in [-0.2, -0.15) is 0 Å². The molecule has 2 unspecified atom stereocenters. The number of Topliss-reactive ketones (excluding diaryl/α,β-unsaturated/α-hetero) is 1. The Balaban J connectivity index is 1.64. The first-order valence-electron chi connectivity index (χ1n) is 7.18. The summed E-state index contributed by atoms with van der Waals surface area (Å²) in [5.74, 6) is 0.152. The molecule has 0 aromatic heterocycles. The number of carbonyl (C=O) groups is 2. The molecule has 2 atom stereocenters. The third-order valence-electron chi connectivity index (χ3n) is 3.58. The Morgan fingerprint density at radius 3 is 2.23 bits per heavy atom. The Labute approximate surface area is 133 Å². The first-order chi connectivity index (χ1) is 10.7. The second-order valence-electron chi connectivity index (χ2n) is 5.18. The topological polar surface area (TPSA) is 43.4 Å². The number of ketones is 1. The Kier molecular flexibility index (Phi) is 4.59. The van der Waals surface area contributed by atoms with Crippen LogP contribution in [-0.4, -0.2) is 17.0 Å². The number of rotatable bonds is 4. The molecule has 0 spiro atoms. The van der Waals surface area contributed by atoms with E-state index in [1.54, 1.807) is 0 Å². The van der Waals surface area contributed by atoms with Crippen LogP contribution in [0.15, 0.2) is 60.7 Å². The molecule has 0 aliphatic carbocycles. The minimum atomic E-state index is -0.708. The zero-order valence-electron chi connectivity index (χ0n) is 12.0. The second kappa shape index (κ2) is 6.79. The van der Waals surface area contributed by atoms with Crippen LogP contribution in [0.2, 0.25) is 0 Å². The smallest absolute Gasteiger partial charge is 0.327 e. The maximum atomic E-state index is 12.3. The van der Waals surface area contributed by atoms with Crippen LogP contribution in [0.25, 0.3) is 0 Å². The van der Waals surface area contributed by atoms with Crippen LogP contribution in [0, 0.1) is 0 Å². The summed E-state index contributed by atoms with van der Waals surface area (Å²) in [6.45, 7) is 0. The van der Waals surface area contributed by atoms with Crippen LogP contribution < -0.4 is 0 Å². The number of cyclic esters (lactones) is 1. The average molecular weight is 312 g/mol. The van der Waals surface area contributed by atoms with Crippen molar-refractivity contribution in [3.8, 4) is 0 Å². The van der Waals surface area contributed by atoms with Crippen LogP contribution in [0.4, 0.5) is 0 Å². The SMILES string of the molecule is O=C1CC(c2ccccc2)OC(=O)C1SCc1ccccc1. The van der Waals surface area contributed by atoms with E-state index in [0.29, 0.717) is 5.75 Å². The molecule has 1 heterocycles. The number of thioether (sulfide) groups is 1. The van der Waals surface area contributed by atoms with Gasteiger partial charge in [0.1, 0.15) is 6.10 Å². The van der Waals surface area contributed by atoms with Gasteiger partial charge in [0.25, 0.3) is 0 Å². The van der Waals surface area contributed by atoms with Crippen molar-refractivity contribution in [3.63, 3.8) is 0 Å². The zero-order chi connectivity index (χ0) is 15.4. The molecular formula is C18H16O3S. The second-order valence-corrected chi connectivity index (χ2v) is 6.28. The molecule has 1 aliphatic heterocycles. The van der Waals surface area contributed by atoms with E-state index in [1.807, 2.05) is 60.7 Å². The molecule has 1 fully saturated rings. The monoisotopic (exact) mass is 312 g/mol. The number of carbonyl (C=O) groups excluding carboxylic acids is 2. The maximum absolute atomic E-state index is 12.3. The Morgan fingerprint density at radius 1 is 0.955 bits per heavy atom. The fourth-order valence-electron chi connectivity index (χ4n) is 2.43. The van der Waals surface area contributed by atoms with Gasteiger partial charge in [0, 0.05) is 12.2 Å². The molecule has 0 amide bonds. The summed E-state index contributed by atoms with van der Waals surface area (Å²) < 4.78 is 5.46. The summed E-state index contributed by atoms with van der Waals surface area (Å²) in [7, 11) is 0. The highest BCUT2D eigenvalue weighted by Crippen LogP contribution is 2.32. The molecule has 0 radical (unpaired) electrons. The lowest BCUT2D eigenvalue weighted by molar-refractivity contribution is -0.157. The van der Waals surface area contributed by atoms with Crippen molar-refractivity contribution in [3.05, 3.63) is 71.8 Å². The highest BCUT2D eigenvalue weighted by Gasteiger charge is 2.37. The minimum absolute atomic E-state index is 0.0500. The van der Waals surface area contributed by atoms with Crippen molar-refractivity contribution in [1.29, 1.82) is 0 Å². The van der Waals surface area contributed by atoms with Crippen molar-refractivity contribution < 1.29 is 14.3 Å². The van der Waals surface area contributed by atoms with Crippen LogP contribution in [-0.2, 0) is 20.1 Å².